The van der Waals surface area contributed by atoms with Crippen molar-refractivity contribution in [2.24, 2.45) is 0 Å². The van der Waals surface area contributed by atoms with E-state index in [0.717, 1.165) is 0 Å². The molecule has 9 heteroatoms. The van der Waals surface area contributed by atoms with Gasteiger partial charge in [-0.05, 0) is 31.4 Å². The first-order valence-electron chi connectivity index (χ1n) is 8.65. The highest BCUT2D eigenvalue weighted by Crippen LogP contribution is 2.23. The van der Waals surface area contributed by atoms with E-state index in [0.29, 0.717) is 56.2 Å². The third kappa shape index (κ3) is 5.84. The molecule has 0 atom stereocenters. The van der Waals surface area contributed by atoms with Crippen LogP contribution in [-0.4, -0.2) is 62.8 Å². The Balaban J connectivity index is 1.66. The van der Waals surface area contributed by atoms with Crippen molar-refractivity contribution >= 4 is 27.7 Å². The molecule has 1 aliphatic rings. The van der Waals surface area contributed by atoms with Gasteiger partial charge in [-0.1, -0.05) is 23.7 Å². The van der Waals surface area contributed by atoms with Gasteiger partial charge in [0.15, 0.2) is 0 Å². The van der Waals surface area contributed by atoms with E-state index >= 15 is 0 Å². The Hall–Kier alpha value is -1.35. The molecule has 0 saturated carbocycles. The maximum absolute atomic E-state index is 12.1. The SMILES string of the molecule is CN(C)S(=O)(=O)N1CCC(NC(=O)CCCOc2ccccc2Cl)CC1. The summed E-state index contributed by atoms with van der Waals surface area (Å²) in [4.78, 5) is 12.0. The number of rotatable bonds is 8. The summed E-state index contributed by atoms with van der Waals surface area (Å²) in [5.41, 5.74) is 0. The molecule has 0 unspecified atom stereocenters. The van der Waals surface area contributed by atoms with Gasteiger partial charge >= 0.3 is 0 Å². The fourth-order valence-electron chi connectivity index (χ4n) is 2.74. The molecule has 0 radical (unpaired) electrons. The molecule has 0 spiro atoms. The Labute approximate surface area is 160 Å². The number of amides is 1. The quantitative estimate of drug-likeness (QED) is 0.672. The molecule has 0 aliphatic carbocycles. The lowest BCUT2D eigenvalue weighted by Gasteiger charge is -2.33. The van der Waals surface area contributed by atoms with Crippen LogP contribution in [0.4, 0.5) is 0 Å². The van der Waals surface area contributed by atoms with Gasteiger partial charge in [0.2, 0.25) is 5.91 Å². The molecule has 0 bridgehead atoms. The summed E-state index contributed by atoms with van der Waals surface area (Å²) >= 11 is 6.00. The molecule has 1 amide bonds. The molecular formula is C17H26ClN3O4S. The normalized spacial score (nSPS) is 16.6. The van der Waals surface area contributed by atoms with Gasteiger partial charge in [0.05, 0.1) is 11.6 Å². The van der Waals surface area contributed by atoms with Crippen LogP contribution in [0.15, 0.2) is 24.3 Å². The van der Waals surface area contributed by atoms with Gasteiger partial charge in [-0.3, -0.25) is 4.79 Å². The van der Waals surface area contributed by atoms with Crippen LogP contribution in [0.5, 0.6) is 5.75 Å². The predicted octanol–water partition coefficient (Wildman–Crippen LogP) is 1.89. The van der Waals surface area contributed by atoms with Crippen molar-refractivity contribution in [2.45, 2.75) is 31.7 Å². The van der Waals surface area contributed by atoms with Crippen LogP contribution in [0.25, 0.3) is 0 Å². The van der Waals surface area contributed by atoms with Crippen molar-refractivity contribution in [3.63, 3.8) is 0 Å². The molecule has 1 aromatic carbocycles. The van der Waals surface area contributed by atoms with Crippen molar-refractivity contribution in [1.29, 1.82) is 0 Å². The highest BCUT2D eigenvalue weighted by atomic mass is 35.5. The molecule has 1 N–H and O–H groups in total. The van der Waals surface area contributed by atoms with Crippen LogP contribution in [-0.2, 0) is 15.0 Å². The summed E-state index contributed by atoms with van der Waals surface area (Å²) in [6.07, 6.45) is 2.19. The van der Waals surface area contributed by atoms with E-state index in [1.165, 1.54) is 22.7 Å². The predicted molar refractivity (Wildman–Crippen MR) is 102 cm³/mol. The van der Waals surface area contributed by atoms with Crippen LogP contribution in [0.1, 0.15) is 25.7 Å². The summed E-state index contributed by atoms with van der Waals surface area (Å²) in [6.45, 7) is 1.25. The lowest BCUT2D eigenvalue weighted by atomic mass is 10.1. The van der Waals surface area contributed by atoms with E-state index in [2.05, 4.69) is 5.32 Å². The second-order valence-electron chi connectivity index (χ2n) is 6.41. The van der Waals surface area contributed by atoms with Crippen molar-refractivity contribution in [3.05, 3.63) is 29.3 Å². The molecule has 146 valence electrons. The van der Waals surface area contributed by atoms with Crippen molar-refractivity contribution < 1.29 is 17.9 Å². The number of benzene rings is 1. The zero-order valence-corrected chi connectivity index (χ0v) is 16.7. The van der Waals surface area contributed by atoms with Crippen molar-refractivity contribution in [1.82, 2.24) is 13.9 Å². The second kappa shape index (κ2) is 9.55. The largest absolute Gasteiger partial charge is 0.492 e. The Bertz CT molecular complexity index is 704. The van der Waals surface area contributed by atoms with Crippen LogP contribution in [0.3, 0.4) is 0 Å². The van der Waals surface area contributed by atoms with Gasteiger partial charge in [-0.25, -0.2) is 0 Å². The maximum atomic E-state index is 12.1. The van der Waals surface area contributed by atoms with Crippen molar-refractivity contribution in [3.8, 4) is 5.75 Å². The molecule has 26 heavy (non-hydrogen) atoms. The molecule has 1 heterocycles. The molecule has 1 aliphatic heterocycles. The van der Waals surface area contributed by atoms with Gasteiger partial charge in [0.1, 0.15) is 5.75 Å². The summed E-state index contributed by atoms with van der Waals surface area (Å²) in [5, 5.41) is 3.53. The Morgan fingerprint density at radius 2 is 1.96 bits per heavy atom. The number of piperidine rings is 1. The first-order chi connectivity index (χ1) is 12.3. The minimum Gasteiger partial charge on any atom is -0.492 e. The first kappa shape index (κ1) is 21.0. The average molecular weight is 404 g/mol. The Kier molecular flexibility index (Phi) is 7.69. The summed E-state index contributed by atoms with van der Waals surface area (Å²) in [7, 11) is -0.329. The molecule has 7 nitrogen and oxygen atoms in total. The van der Waals surface area contributed by atoms with Crippen LogP contribution in [0.2, 0.25) is 5.02 Å². The van der Waals surface area contributed by atoms with E-state index in [1.54, 1.807) is 12.1 Å². The highest BCUT2D eigenvalue weighted by Gasteiger charge is 2.29. The van der Waals surface area contributed by atoms with Crippen LogP contribution < -0.4 is 10.1 Å². The number of hydrogen-bond donors (Lipinski definition) is 1. The Morgan fingerprint density at radius 3 is 2.58 bits per heavy atom. The standard InChI is InChI=1S/C17H26ClN3O4S/c1-20(2)26(23,24)21-11-9-14(10-12-21)19-17(22)8-5-13-25-16-7-4-3-6-15(16)18/h3-4,6-7,14H,5,8-13H2,1-2H3,(H,19,22). The molecule has 1 saturated heterocycles. The summed E-state index contributed by atoms with van der Waals surface area (Å²) < 4.78 is 32.4. The number of hydrogen-bond acceptors (Lipinski definition) is 4. The number of nitrogens with zero attached hydrogens (tertiary/aromatic N) is 2. The second-order valence-corrected chi connectivity index (χ2v) is 8.96. The Morgan fingerprint density at radius 1 is 1.31 bits per heavy atom. The topological polar surface area (TPSA) is 79.0 Å². The minimum absolute atomic E-state index is 0.0144. The maximum Gasteiger partial charge on any atom is 0.281 e. The van der Waals surface area contributed by atoms with Crippen LogP contribution >= 0.6 is 11.6 Å². The third-order valence-corrected chi connectivity index (χ3v) is 6.50. The van der Waals surface area contributed by atoms with E-state index < -0.39 is 10.2 Å². The number of carbonyl (C=O) groups is 1. The van der Waals surface area contributed by atoms with Crippen LogP contribution in [0, 0.1) is 0 Å². The number of nitrogens with one attached hydrogen (secondary N) is 1. The van der Waals surface area contributed by atoms with Gasteiger partial charge in [0, 0.05) is 39.6 Å². The highest BCUT2D eigenvalue weighted by molar-refractivity contribution is 7.86. The molecule has 2 rings (SSSR count). The average Bonchev–Trinajstić information content (AvgIpc) is 2.60. The lowest BCUT2D eigenvalue weighted by molar-refractivity contribution is -0.122. The minimum atomic E-state index is -3.37. The fourth-order valence-corrected chi connectivity index (χ4v) is 4.06. The van der Waals surface area contributed by atoms with Gasteiger partial charge in [-0.15, -0.1) is 0 Å². The lowest BCUT2D eigenvalue weighted by Crippen LogP contribution is -2.49. The fraction of sp³-hybridized carbons (Fsp3) is 0.588. The monoisotopic (exact) mass is 403 g/mol. The molecule has 1 fully saturated rings. The van der Waals surface area contributed by atoms with Gasteiger partial charge in [0.25, 0.3) is 10.2 Å². The zero-order chi connectivity index (χ0) is 19.2. The third-order valence-electron chi connectivity index (χ3n) is 4.25. The van der Waals surface area contributed by atoms with E-state index in [-0.39, 0.29) is 11.9 Å². The van der Waals surface area contributed by atoms with E-state index in [4.69, 9.17) is 16.3 Å². The summed E-state index contributed by atoms with van der Waals surface area (Å²) in [5.74, 6) is 0.575. The smallest absolute Gasteiger partial charge is 0.281 e. The van der Waals surface area contributed by atoms with E-state index in [1.807, 2.05) is 12.1 Å². The van der Waals surface area contributed by atoms with Gasteiger partial charge in [-0.2, -0.15) is 17.0 Å². The number of para-hydroxylation sites is 1. The number of carbonyl (C=O) groups excluding carboxylic acids is 1. The summed E-state index contributed by atoms with van der Waals surface area (Å²) in [6, 6.07) is 7.24. The molecular weight excluding hydrogens is 378 g/mol. The molecule has 1 aromatic rings. The van der Waals surface area contributed by atoms with Gasteiger partial charge < -0.3 is 10.1 Å². The number of ether oxygens (including phenoxy) is 1. The molecule has 0 aromatic heterocycles. The van der Waals surface area contributed by atoms with Crippen molar-refractivity contribution in [2.75, 3.05) is 33.8 Å². The van der Waals surface area contributed by atoms with E-state index in [9.17, 15) is 13.2 Å². The first-order valence-corrected chi connectivity index (χ1v) is 10.4. The zero-order valence-electron chi connectivity index (χ0n) is 15.2. The number of halogens is 1.